The van der Waals surface area contributed by atoms with Crippen LogP contribution in [0.5, 0.6) is 0 Å². The Hall–Kier alpha value is -1.13. The Balaban J connectivity index is 1.89. The fourth-order valence-corrected chi connectivity index (χ4v) is 2.75. The maximum Gasteiger partial charge on any atom is 0.106 e. The molecule has 3 nitrogen and oxygen atoms in total. The second kappa shape index (κ2) is 7.60. The average Bonchev–Trinajstić information content (AvgIpc) is 3.00. The largest absolute Gasteiger partial charge is 0.376 e. The molecule has 1 aromatic rings. The van der Waals surface area contributed by atoms with E-state index >= 15 is 0 Å². The number of rotatable bonds is 6. The molecule has 0 spiro atoms. The standard InChI is InChI=1S/C16H24N2OS/c1-3-18(4-2)14-9-7-13(8-10-14)16(20)17-12-15-6-5-11-19-15/h7-10,15H,3-6,11-12H2,1-2H3,(H,17,20). The van der Waals surface area contributed by atoms with Crippen molar-refractivity contribution in [2.45, 2.75) is 32.8 Å². The normalized spacial score (nSPS) is 18.0. The molecule has 0 aliphatic carbocycles. The number of anilines is 1. The second-order valence-electron chi connectivity index (χ2n) is 5.06. The van der Waals surface area contributed by atoms with Crippen molar-refractivity contribution in [1.82, 2.24) is 5.32 Å². The van der Waals surface area contributed by atoms with Gasteiger partial charge in [-0.05, 0) is 51.0 Å². The molecule has 1 aliphatic heterocycles. The van der Waals surface area contributed by atoms with Crippen LogP contribution < -0.4 is 10.2 Å². The summed E-state index contributed by atoms with van der Waals surface area (Å²) in [5, 5.41) is 3.31. The molecule has 1 heterocycles. The summed E-state index contributed by atoms with van der Waals surface area (Å²) >= 11 is 5.44. The van der Waals surface area contributed by atoms with E-state index in [9.17, 15) is 0 Å². The van der Waals surface area contributed by atoms with Crippen LogP contribution in [0.25, 0.3) is 0 Å². The molecule has 0 radical (unpaired) electrons. The number of nitrogens with one attached hydrogen (secondary N) is 1. The van der Waals surface area contributed by atoms with Crippen molar-refractivity contribution in [1.29, 1.82) is 0 Å². The highest BCUT2D eigenvalue weighted by molar-refractivity contribution is 7.80. The topological polar surface area (TPSA) is 24.5 Å². The second-order valence-corrected chi connectivity index (χ2v) is 5.47. The Labute approximate surface area is 127 Å². The van der Waals surface area contributed by atoms with Crippen LogP contribution in [0.3, 0.4) is 0 Å². The molecule has 0 amide bonds. The Morgan fingerprint density at radius 1 is 1.30 bits per heavy atom. The van der Waals surface area contributed by atoms with Crippen LogP contribution in [0.4, 0.5) is 5.69 Å². The van der Waals surface area contributed by atoms with E-state index in [1.807, 2.05) is 0 Å². The first-order valence-corrected chi connectivity index (χ1v) is 7.90. The molecular formula is C16H24N2OS. The number of thiocarbonyl (C=S) groups is 1. The van der Waals surface area contributed by atoms with Gasteiger partial charge in [-0.25, -0.2) is 0 Å². The third kappa shape index (κ3) is 3.93. The minimum absolute atomic E-state index is 0.322. The number of hydrogen-bond acceptors (Lipinski definition) is 3. The maximum absolute atomic E-state index is 5.59. The van der Waals surface area contributed by atoms with Gasteiger partial charge in [-0.1, -0.05) is 12.2 Å². The van der Waals surface area contributed by atoms with Crippen molar-refractivity contribution in [3.63, 3.8) is 0 Å². The van der Waals surface area contributed by atoms with Gasteiger partial charge in [0.05, 0.1) is 6.10 Å². The van der Waals surface area contributed by atoms with Crippen molar-refractivity contribution < 1.29 is 4.74 Å². The van der Waals surface area contributed by atoms with E-state index in [-0.39, 0.29) is 0 Å². The molecule has 1 atom stereocenters. The lowest BCUT2D eigenvalue weighted by molar-refractivity contribution is 0.114. The molecule has 1 saturated heterocycles. The zero-order valence-corrected chi connectivity index (χ0v) is 13.2. The minimum Gasteiger partial charge on any atom is -0.376 e. The highest BCUT2D eigenvalue weighted by atomic mass is 32.1. The van der Waals surface area contributed by atoms with E-state index in [1.165, 1.54) is 5.69 Å². The minimum atomic E-state index is 0.322. The zero-order chi connectivity index (χ0) is 14.4. The van der Waals surface area contributed by atoms with Crippen LogP contribution >= 0.6 is 12.2 Å². The molecule has 1 aliphatic rings. The fraction of sp³-hybridized carbons (Fsp3) is 0.562. The predicted octanol–water partition coefficient (Wildman–Crippen LogP) is 2.98. The molecule has 0 aromatic heterocycles. The van der Waals surface area contributed by atoms with Crippen molar-refractivity contribution in [3.8, 4) is 0 Å². The zero-order valence-electron chi connectivity index (χ0n) is 12.4. The van der Waals surface area contributed by atoms with E-state index in [0.29, 0.717) is 6.10 Å². The molecule has 110 valence electrons. The molecule has 1 fully saturated rings. The van der Waals surface area contributed by atoms with Crippen LogP contribution in [-0.4, -0.2) is 37.3 Å². The molecule has 4 heteroatoms. The summed E-state index contributed by atoms with van der Waals surface area (Å²) < 4.78 is 5.59. The smallest absolute Gasteiger partial charge is 0.106 e. The Kier molecular flexibility index (Phi) is 5.80. The van der Waals surface area contributed by atoms with Gasteiger partial charge in [0.25, 0.3) is 0 Å². The summed E-state index contributed by atoms with van der Waals surface area (Å²) in [6.45, 7) is 8.10. The first kappa shape index (κ1) is 15.3. The molecular weight excluding hydrogens is 268 g/mol. The van der Waals surface area contributed by atoms with Gasteiger partial charge in [0.15, 0.2) is 0 Å². The molecule has 0 bridgehead atoms. The van der Waals surface area contributed by atoms with Gasteiger partial charge in [0, 0.05) is 37.5 Å². The summed E-state index contributed by atoms with van der Waals surface area (Å²) in [5.41, 5.74) is 2.33. The SMILES string of the molecule is CCN(CC)c1ccc(C(=S)NCC2CCCO2)cc1. The monoisotopic (exact) mass is 292 g/mol. The predicted molar refractivity (Wildman–Crippen MR) is 88.7 cm³/mol. The summed E-state index contributed by atoms with van der Waals surface area (Å²) in [4.78, 5) is 3.14. The lowest BCUT2D eigenvalue weighted by Gasteiger charge is -2.21. The molecule has 1 N–H and O–H groups in total. The fourth-order valence-electron chi connectivity index (χ4n) is 2.53. The maximum atomic E-state index is 5.59. The first-order valence-electron chi connectivity index (χ1n) is 7.49. The van der Waals surface area contributed by atoms with Gasteiger partial charge in [0.2, 0.25) is 0 Å². The van der Waals surface area contributed by atoms with Crippen LogP contribution in [0.15, 0.2) is 24.3 Å². The van der Waals surface area contributed by atoms with Crippen molar-refractivity contribution in [3.05, 3.63) is 29.8 Å². The van der Waals surface area contributed by atoms with Crippen LogP contribution in [0, 0.1) is 0 Å². The van der Waals surface area contributed by atoms with Crippen LogP contribution in [0.1, 0.15) is 32.3 Å². The highest BCUT2D eigenvalue weighted by Gasteiger charge is 2.15. The molecule has 1 unspecified atom stereocenters. The molecule has 0 saturated carbocycles. The van der Waals surface area contributed by atoms with Gasteiger partial charge in [0.1, 0.15) is 4.99 Å². The van der Waals surface area contributed by atoms with E-state index in [4.69, 9.17) is 17.0 Å². The first-order chi connectivity index (χ1) is 9.74. The Bertz CT molecular complexity index is 423. The van der Waals surface area contributed by atoms with Crippen LogP contribution in [0.2, 0.25) is 0 Å². The number of ether oxygens (including phenoxy) is 1. The molecule has 20 heavy (non-hydrogen) atoms. The summed E-state index contributed by atoms with van der Waals surface area (Å²) in [6.07, 6.45) is 2.62. The van der Waals surface area contributed by atoms with Gasteiger partial charge in [-0.3, -0.25) is 0 Å². The Morgan fingerprint density at radius 3 is 2.55 bits per heavy atom. The van der Waals surface area contributed by atoms with Crippen molar-refractivity contribution in [2.24, 2.45) is 0 Å². The Morgan fingerprint density at radius 2 is 2.00 bits per heavy atom. The average molecular weight is 292 g/mol. The molecule has 2 rings (SSSR count). The quantitative estimate of drug-likeness (QED) is 0.815. The van der Waals surface area contributed by atoms with Crippen LogP contribution in [-0.2, 0) is 4.74 Å². The highest BCUT2D eigenvalue weighted by Crippen LogP contribution is 2.15. The third-order valence-corrected chi connectivity index (χ3v) is 4.15. The van der Waals surface area contributed by atoms with Gasteiger partial charge in [-0.15, -0.1) is 0 Å². The lowest BCUT2D eigenvalue weighted by Crippen LogP contribution is -2.31. The van der Waals surface area contributed by atoms with E-state index < -0.39 is 0 Å². The molecule has 1 aromatic carbocycles. The lowest BCUT2D eigenvalue weighted by atomic mass is 10.2. The number of benzene rings is 1. The number of hydrogen-bond donors (Lipinski definition) is 1. The third-order valence-electron chi connectivity index (χ3n) is 3.77. The van der Waals surface area contributed by atoms with Gasteiger partial charge < -0.3 is 15.0 Å². The summed E-state index contributed by atoms with van der Waals surface area (Å²) in [5.74, 6) is 0. The summed E-state index contributed by atoms with van der Waals surface area (Å²) in [7, 11) is 0. The van der Waals surface area contributed by atoms with E-state index in [1.54, 1.807) is 0 Å². The summed E-state index contributed by atoms with van der Waals surface area (Å²) in [6, 6.07) is 8.47. The van der Waals surface area contributed by atoms with Gasteiger partial charge in [-0.2, -0.15) is 0 Å². The van der Waals surface area contributed by atoms with E-state index in [2.05, 4.69) is 48.3 Å². The van der Waals surface area contributed by atoms with Gasteiger partial charge >= 0.3 is 0 Å². The number of nitrogens with zero attached hydrogens (tertiary/aromatic N) is 1. The van der Waals surface area contributed by atoms with E-state index in [0.717, 1.165) is 49.6 Å². The van der Waals surface area contributed by atoms with Crippen molar-refractivity contribution >= 4 is 22.9 Å². The van der Waals surface area contributed by atoms with Crippen molar-refractivity contribution in [2.75, 3.05) is 31.1 Å².